The van der Waals surface area contributed by atoms with Crippen molar-refractivity contribution in [3.63, 3.8) is 0 Å². The first kappa shape index (κ1) is 13.6. The predicted molar refractivity (Wildman–Crippen MR) is 70.8 cm³/mol. The summed E-state index contributed by atoms with van der Waals surface area (Å²) in [6.07, 6.45) is 0.770. The predicted octanol–water partition coefficient (Wildman–Crippen LogP) is 2.89. The molecule has 0 aliphatic rings. The molecule has 0 saturated heterocycles. The summed E-state index contributed by atoms with van der Waals surface area (Å²) in [6.45, 7) is 4.29. The van der Waals surface area contributed by atoms with E-state index in [0.29, 0.717) is 12.3 Å². The zero-order chi connectivity index (χ0) is 13.0. The standard InChI is InChI=1S/C14H21NO2/c1-10(2)11-5-7-13(15(3)4)12(9-11)6-8-14(16)17/h5,7,9-10H,6,8H2,1-4H3,(H,16,17). The maximum Gasteiger partial charge on any atom is 0.303 e. The molecule has 1 aromatic carbocycles. The number of aryl methyl sites for hydroxylation is 1. The van der Waals surface area contributed by atoms with Crippen molar-refractivity contribution in [2.75, 3.05) is 19.0 Å². The minimum Gasteiger partial charge on any atom is -0.481 e. The quantitative estimate of drug-likeness (QED) is 0.853. The Balaban J connectivity index is 3.02. The lowest BCUT2D eigenvalue weighted by Gasteiger charge is -2.19. The van der Waals surface area contributed by atoms with Crippen molar-refractivity contribution in [3.05, 3.63) is 29.3 Å². The molecule has 0 atom stereocenters. The molecule has 17 heavy (non-hydrogen) atoms. The van der Waals surface area contributed by atoms with Crippen molar-refractivity contribution < 1.29 is 9.90 Å². The maximum atomic E-state index is 10.7. The Hall–Kier alpha value is -1.51. The highest BCUT2D eigenvalue weighted by atomic mass is 16.4. The number of nitrogens with zero attached hydrogens (tertiary/aromatic N) is 1. The second-order valence-electron chi connectivity index (χ2n) is 4.83. The summed E-state index contributed by atoms with van der Waals surface area (Å²) in [5.41, 5.74) is 3.48. The zero-order valence-electron chi connectivity index (χ0n) is 11.0. The molecular weight excluding hydrogens is 214 g/mol. The summed E-state index contributed by atoms with van der Waals surface area (Å²) in [4.78, 5) is 12.7. The van der Waals surface area contributed by atoms with Gasteiger partial charge in [0, 0.05) is 26.2 Å². The van der Waals surface area contributed by atoms with Crippen molar-refractivity contribution in [1.29, 1.82) is 0 Å². The number of aliphatic carboxylic acids is 1. The van der Waals surface area contributed by atoms with Gasteiger partial charge in [-0.25, -0.2) is 0 Å². The fourth-order valence-corrected chi connectivity index (χ4v) is 1.84. The van der Waals surface area contributed by atoms with Gasteiger partial charge in [-0.2, -0.15) is 0 Å². The van der Waals surface area contributed by atoms with Gasteiger partial charge < -0.3 is 10.0 Å². The average Bonchev–Trinajstić information content (AvgIpc) is 2.25. The van der Waals surface area contributed by atoms with Gasteiger partial charge in [0.15, 0.2) is 0 Å². The number of anilines is 1. The van der Waals surface area contributed by atoms with Crippen LogP contribution in [0.2, 0.25) is 0 Å². The lowest BCUT2D eigenvalue weighted by Crippen LogP contribution is -2.12. The Morgan fingerprint density at radius 2 is 2.00 bits per heavy atom. The van der Waals surface area contributed by atoms with Crippen molar-refractivity contribution in [3.8, 4) is 0 Å². The van der Waals surface area contributed by atoms with Crippen LogP contribution in [-0.4, -0.2) is 25.2 Å². The second-order valence-corrected chi connectivity index (χ2v) is 4.83. The molecule has 3 heteroatoms. The van der Waals surface area contributed by atoms with Crippen LogP contribution in [0.25, 0.3) is 0 Å². The maximum absolute atomic E-state index is 10.7. The molecule has 1 aromatic rings. The normalized spacial score (nSPS) is 10.6. The Kier molecular flexibility index (Phi) is 4.55. The van der Waals surface area contributed by atoms with Crippen LogP contribution in [0.5, 0.6) is 0 Å². The SMILES string of the molecule is CC(C)c1ccc(N(C)C)c(CCC(=O)O)c1. The third kappa shape index (κ3) is 3.77. The summed E-state index contributed by atoms with van der Waals surface area (Å²) in [6, 6.07) is 6.32. The average molecular weight is 235 g/mol. The molecule has 0 unspecified atom stereocenters. The smallest absolute Gasteiger partial charge is 0.303 e. The lowest BCUT2D eigenvalue weighted by molar-refractivity contribution is -0.136. The first-order chi connectivity index (χ1) is 7.91. The fourth-order valence-electron chi connectivity index (χ4n) is 1.84. The van der Waals surface area contributed by atoms with E-state index < -0.39 is 5.97 Å². The van der Waals surface area contributed by atoms with E-state index >= 15 is 0 Å². The van der Waals surface area contributed by atoms with Gasteiger partial charge in [0.1, 0.15) is 0 Å². The van der Waals surface area contributed by atoms with Crippen LogP contribution < -0.4 is 4.90 Å². The van der Waals surface area contributed by atoms with E-state index in [9.17, 15) is 4.79 Å². The first-order valence-corrected chi connectivity index (χ1v) is 5.93. The third-order valence-electron chi connectivity index (χ3n) is 2.86. The molecule has 1 N–H and O–H groups in total. The van der Waals surface area contributed by atoms with E-state index in [2.05, 4.69) is 32.0 Å². The molecular formula is C14H21NO2. The van der Waals surface area contributed by atoms with E-state index in [1.165, 1.54) is 5.56 Å². The molecule has 3 nitrogen and oxygen atoms in total. The molecule has 0 aliphatic heterocycles. The van der Waals surface area contributed by atoms with Crippen LogP contribution >= 0.6 is 0 Å². The van der Waals surface area contributed by atoms with E-state index in [1.54, 1.807) is 0 Å². The summed E-state index contributed by atoms with van der Waals surface area (Å²) < 4.78 is 0. The molecule has 0 radical (unpaired) electrons. The van der Waals surface area contributed by atoms with Gasteiger partial charge in [-0.3, -0.25) is 4.79 Å². The van der Waals surface area contributed by atoms with Crippen molar-refractivity contribution in [2.24, 2.45) is 0 Å². The largest absolute Gasteiger partial charge is 0.481 e. The summed E-state index contributed by atoms with van der Waals surface area (Å²) in [5, 5.41) is 8.77. The number of hydrogen-bond donors (Lipinski definition) is 1. The third-order valence-corrected chi connectivity index (χ3v) is 2.86. The number of carboxylic acids is 1. The Bertz CT molecular complexity index is 397. The number of rotatable bonds is 5. The second kappa shape index (κ2) is 5.71. The van der Waals surface area contributed by atoms with Crippen molar-refractivity contribution >= 4 is 11.7 Å². The van der Waals surface area contributed by atoms with E-state index in [4.69, 9.17) is 5.11 Å². The zero-order valence-corrected chi connectivity index (χ0v) is 11.0. The lowest BCUT2D eigenvalue weighted by atomic mass is 9.97. The summed E-state index contributed by atoms with van der Waals surface area (Å²) in [5.74, 6) is -0.278. The van der Waals surface area contributed by atoms with Gasteiger partial charge in [-0.15, -0.1) is 0 Å². The highest BCUT2D eigenvalue weighted by Crippen LogP contribution is 2.25. The molecule has 94 valence electrons. The number of carbonyl (C=O) groups is 1. The molecule has 0 amide bonds. The fraction of sp³-hybridized carbons (Fsp3) is 0.500. The monoisotopic (exact) mass is 235 g/mol. The minimum atomic E-state index is -0.746. The van der Waals surface area contributed by atoms with Gasteiger partial charge in [0.2, 0.25) is 0 Å². The number of benzene rings is 1. The van der Waals surface area contributed by atoms with Crippen LogP contribution in [-0.2, 0) is 11.2 Å². The van der Waals surface area contributed by atoms with Crippen LogP contribution in [0.15, 0.2) is 18.2 Å². The molecule has 0 saturated carbocycles. The molecule has 0 aromatic heterocycles. The van der Waals surface area contributed by atoms with Gasteiger partial charge in [-0.05, 0) is 29.5 Å². The van der Waals surface area contributed by atoms with E-state index in [-0.39, 0.29) is 6.42 Å². The Morgan fingerprint density at radius 3 is 2.47 bits per heavy atom. The molecule has 0 heterocycles. The molecule has 0 fully saturated rings. The molecule has 0 spiro atoms. The van der Waals surface area contributed by atoms with Gasteiger partial charge in [0.25, 0.3) is 0 Å². The van der Waals surface area contributed by atoms with Crippen molar-refractivity contribution in [2.45, 2.75) is 32.6 Å². The van der Waals surface area contributed by atoms with E-state index in [1.807, 2.05) is 19.0 Å². The van der Waals surface area contributed by atoms with Gasteiger partial charge in [-0.1, -0.05) is 26.0 Å². The van der Waals surface area contributed by atoms with Gasteiger partial charge >= 0.3 is 5.97 Å². The number of hydrogen-bond acceptors (Lipinski definition) is 2. The van der Waals surface area contributed by atoms with Gasteiger partial charge in [0.05, 0.1) is 0 Å². The highest BCUT2D eigenvalue weighted by molar-refractivity contribution is 5.68. The van der Waals surface area contributed by atoms with Crippen LogP contribution in [0.4, 0.5) is 5.69 Å². The Morgan fingerprint density at radius 1 is 1.35 bits per heavy atom. The first-order valence-electron chi connectivity index (χ1n) is 5.93. The van der Waals surface area contributed by atoms with Crippen molar-refractivity contribution in [1.82, 2.24) is 0 Å². The highest BCUT2D eigenvalue weighted by Gasteiger charge is 2.09. The topological polar surface area (TPSA) is 40.5 Å². The summed E-state index contributed by atoms with van der Waals surface area (Å²) >= 11 is 0. The number of carboxylic acid groups (broad SMARTS) is 1. The molecule has 1 rings (SSSR count). The molecule has 0 bridgehead atoms. The van der Waals surface area contributed by atoms with Crippen LogP contribution in [0.3, 0.4) is 0 Å². The van der Waals surface area contributed by atoms with Crippen LogP contribution in [0, 0.1) is 0 Å². The summed E-state index contributed by atoms with van der Waals surface area (Å²) in [7, 11) is 3.96. The molecule has 0 aliphatic carbocycles. The minimum absolute atomic E-state index is 0.183. The van der Waals surface area contributed by atoms with E-state index in [0.717, 1.165) is 11.3 Å². The van der Waals surface area contributed by atoms with Crippen LogP contribution in [0.1, 0.15) is 37.3 Å². The Labute approximate surface area is 103 Å².